The zero-order valence-electron chi connectivity index (χ0n) is 21.1. The molecule has 1 amide bonds. The summed E-state index contributed by atoms with van der Waals surface area (Å²) >= 11 is 0. The molecule has 1 aliphatic rings. The molecular formula is C26H34N6O3. The van der Waals surface area contributed by atoms with Crippen LogP contribution >= 0.6 is 0 Å². The van der Waals surface area contributed by atoms with E-state index in [4.69, 9.17) is 15.2 Å². The molecule has 9 nitrogen and oxygen atoms in total. The maximum Gasteiger partial charge on any atom is 0.412 e. The number of nitrogens with two attached hydrogens (primary N) is 1. The fourth-order valence-electron chi connectivity index (χ4n) is 4.06. The topological polar surface area (TPSA) is 106 Å². The Morgan fingerprint density at radius 3 is 2.43 bits per heavy atom. The second-order valence-electron chi connectivity index (χ2n) is 9.70. The molecule has 0 spiro atoms. The molecule has 4 rings (SSSR count). The van der Waals surface area contributed by atoms with E-state index in [1.165, 1.54) is 0 Å². The highest BCUT2D eigenvalue weighted by Gasteiger charge is 2.20. The number of benzene rings is 2. The maximum absolute atomic E-state index is 12.3. The van der Waals surface area contributed by atoms with Gasteiger partial charge in [0.1, 0.15) is 17.2 Å². The van der Waals surface area contributed by atoms with E-state index in [1.54, 1.807) is 0 Å². The summed E-state index contributed by atoms with van der Waals surface area (Å²) in [4.78, 5) is 25.9. The summed E-state index contributed by atoms with van der Waals surface area (Å²) in [6.07, 6.45) is -0.525. The van der Waals surface area contributed by atoms with E-state index < -0.39 is 11.7 Å². The Balaban J connectivity index is 1.69. The molecule has 0 atom stereocenters. The number of carbonyl (C=O) groups excluding carboxylic acids is 1. The number of aromatic nitrogens is 2. The highest BCUT2D eigenvalue weighted by Crippen LogP contribution is 2.34. The summed E-state index contributed by atoms with van der Waals surface area (Å²) in [6, 6.07) is 11.8. The molecule has 1 fully saturated rings. The van der Waals surface area contributed by atoms with Crippen LogP contribution in [0.1, 0.15) is 27.7 Å². The molecule has 1 saturated heterocycles. The predicted octanol–water partition coefficient (Wildman–Crippen LogP) is 4.38. The van der Waals surface area contributed by atoms with Crippen LogP contribution in [0.25, 0.3) is 22.0 Å². The maximum atomic E-state index is 12.3. The Morgan fingerprint density at radius 1 is 1.06 bits per heavy atom. The molecule has 2 aromatic carbocycles. The average molecular weight is 479 g/mol. The molecular weight excluding hydrogens is 444 g/mol. The van der Waals surface area contributed by atoms with Gasteiger partial charge in [-0.05, 0) is 70.1 Å². The molecule has 3 aromatic rings. The van der Waals surface area contributed by atoms with Gasteiger partial charge in [0.2, 0.25) is 5.95 Å². The first-order valence-electron chi connectivity index (χ1n) is 11.9. The first kappa shape index (κ1) is 24.5. The van der Waals surface area contributed by atoms with Crippen molar-refractivity contribution in [1.82, 2.24) is 14.9 Å². The van der Waals surface area contributed by atoms with Crippen molar-refractivity contribution in [1.29, 1.82) is 0 Å². The molecule has 186 valence electrons. The number of nitrogens with one attached hydrogen (secondary N) is 1. The number of rotatable bonds is 5. The van der Waals surface area contributed by atoms with Crippen LogP contribution in [0.3, 0.4) is 0 Å². The van der Waals surface area contributed by atoms with Crippen LogP contribution in [0.15, 0.2) is 36.4 Å². The van der Waals surface area contributed by atoms with Crippen LogP contribution in [0.4, 0.5) is 22.2 Å². The highest BCUT2D eigenvalue weighted by atomic mass is 16.6. The van der Waals surface area contributed by atoms with E-state index in [9.17, 15) is 4.79 Å². The van der Waals surface area contributed by atoms with Crippen LogP contribution in [-0.4, -0.2) is 66.4 Å². The minimum atomic E-state index is -0.589. The lowest BCUT2D eigenvalue weighted by Gasteiger charge is -2.33. The number of hydrogen-bond donors (Lipinski definition) is 2. The molecule has 0 saturated carbocycles. The highest BCUT2D eigenvalue weighted by molar-refractivity contribution is 5.94. The lowest BCUT2D eigenvalue weighted by molar-refractivity contribution is 0.0635. The van der Waals surface area contributed by atoms with E-state index in [-0.39, 0.29) is 5.95 Å². The molecule has 0 aliphatic carbocycles. The Hall–Kier alpha value is -3.59. The summed E-state index contributed by atoms with van der Waals surface area (Å²) in [6.45, 7) is 11.5. The minimum Gasteiger partial charge on any atom is -0.492 e. The predicted molar refractivity (Wildman–Crippen MR) is 140 cm³/mol. The fraction of sp³-hybridized carbons (Fsp3) is 0.423. The van der Waals surface area contributed by atoms with Crippen molar-refractivity contribution in [3.05, 3.63) is 36.4 Å². The third-order valence-electron chi connectivity index (χ3n) is 5.75. The van der Waals surface area contributed by atoms with Gasteiger partial charge in [0.05, 0.1) is 17.8 Å². The lowest BCUT2D eigenvalue weighted by Crippen LogP contribution is -2.45. The molecule has 3 N–H and O–H groups in total. The third kappa shape index (κ3) is 5.92. The van der Waals surface area contributed by atoms with Crippen molar-refractivity contribution in [2.45, 2.75) is 33.3 Å². The van der Waals surface area contributed by atoms with Gasteiger partial charge in [-0.2, -0.15) is 4.98 Å². The monoisotopic (exact) mass is 478 g/mol. The molecule has 0 bridgehead atoms. The normalized spacial score (nSPS) is 14.7. The summed E-state index contributed by atoms with van der Waals surface area (Å²) < 4.78 is 11.2. The van der Waals surface area contributed by atoms with E-state index in [2.05, 4.69) is 38.2 Å². The van der Waals surface area contributed by atoms with Gasteiger partial charge >= 0.3 is 6.09 Å². The minimum absolute atomic E-state index is 0.274. The van der Waals surface area contributed by atoms with Crippen molar-refractivity contribution in [3.8, 4) is 16.9 Å². The fourth-order valence-corrected chi connectivity index (χ4v) is 4.06. The second kappa shape index (κ2) is 9.95. The van der Waals surface area contributed by atoms with E-state index in [0.29, 0.717) is 18.0 Å². The number of ether oxygens (including phenoxy) is 2. The van der Waals surface area contributed by atoms with Crippen molar-refractivity contribution in [2.24, 2.45) is 0 Å². The molecule has 9 heteroatoms. The Bertz CT molecular complexity index is 1220. The van der Waals surface area contributed by atoms with E-state index >= 15 is 0 Å². The summed E-state index contributed by atoms with van der Waals surface area (Å²) in [5.41, 5.74) is 8.75. The van der Waals surface area contributed by atoms with Crippen molar-refractivity contribution in [3.63, 3.8) is 0 Å². The standard InChI is InChI=1S/C26H34N6O3/c1-6-34-22-16-18(8-10-21(22)29-25(33)35-26(2,3)4)17-7-9-20-19(15-17)23(30-24(27)28-20)32-13-11-31(5)12-14-32/h7-10,15-16H,6,11-14H2,1-5H3,(H,29,33)(H2,27,28,30). The first-order valence-corrected chi connectivity index (χ1v) is 11.9. The van der Waals surface area contributed by atoms with Gasteiger partial charge in [-0.3, -0.25) is 5.32 Å². The van der Waals surface area contributed by atoms with Crippen molar-refractivity contribution >= 4 is 34.4 Å². The zero-order chi connectivity index (χ0) is 25.2. The Morgan fingerprint density at radius 2 is 1.74 bits per heavy atom. The molecule has 0 radical (unpaired) electrons. The van der Waals surface area contributed by atoms with Gasteiger partial charge < -0.3 is 25.0 Å². The first-order chi connectivity index (χ1) is 16.6. The summed E-state index contributed by atoms with van der Waals surface area (Å²) in [5, 5.41) is 3.75. The lowest BCUT2D eigenvalue weighted by atomic mass is 10.0. The van der Waals surface area contributed by atoms with Crippen molar-refractivity contribution < 1.29 is 14.3 Å². The smallest absolute Gasteiger partial charge is 0.412 e. The second-order valence-corrected chi connectivity index (χ2v) is 9.70. The molecule has 35 heavy (non-hydrogen) atoms. The number of likely N-dealkylation sites (N-methyl/N-ethyl adjacent to an activating group) is 1. The van der Waals surface area contributed by atoms with E-state index in [0.717, 1.165) is 54.0 Å². The van der Waals surface area contributed by atoms with Crippen LogP contribution in [-0.2, 0) is 4.74 Å². The van der Waals surface area contributed by atoms with Crippen LogP contribution in [0, 0.1) is 0 Å². The van der Waals surface area contributed by atoms with Gasteiger partial charge in [0.25, 0.3) is 0 Å². The number of hydrogen-bond acceptors (Lipinski definition) is 8. The number of amides is 1. The molecule has 1 aromatic heterocycles. The zero-order valence-corrected chi connectivity index (χ0v) is 21.1. The van der Waals surface area contributed by atoms with Gasteiger partial charge in [0.15, 0.2) is 0 Å². The molecule has 1 aliphatic heterocycles. The van der Waals surface area contributed by atoms with Crippen molar-refractivity contribution in [2.75, 3.05) is 55.8 Å². The van der Waals surface area contributed by atoms with Gasteiger partial charge in [-0.15, -0.1) is 0 Å². The summed E-state index contributed by atoms with van der Waals surface area (Å²) in [5.74, 6) is 1.70. The van der Waals surface area contributed by atoms with Gasteiger partial charge in [0, 0.05) is 31.6 Å². The number of nitrogen functional groups attached to an aromatic ring is 1. The molecule has 0 unspecified atom stereocenters. The van der Waals surface area contributed by atoms with Gasteiger partial charge in [-0.25, -0.2) is 9.78 Å². The van der Waals surface area contributed by atoms with Crippen LogP contribution < -0.4 is 20.7 Å². The summed E-state index contributed by atoms with van der Waals surface area (Å²) in [7, 11) is 2.12. The third-order valence-corrected chi connectivity index (χ3v) is 5.75. The quantitative estimate of drug-likeness (QED) is 0.557. The van der Waals surface area contributed by atoms with E-state index in [1.807, 2.05) is 58.0 Å². The Labute approximate surface area is 206 Å². The van der Waals surface area contributed by atoms with Gasteiger partial charge in [-0.1, -0.05) is 12.1 Å². The average Bonchev–Trinajstić information content (AvgIpc) is 2.79. The van der Waals surface area contributed by atoms with Crippen LogP contribution in [0.5, 0.6) is 5.75 Å². The Kier molecular flexibility index (Phi) is 6.98. The molecule has 2 heterocycles. The largest absolute Gasteiger partial charge is 0.492 e. The number of piperazine rings is 1. The number of fused-ring (bicyclic) bond motifs is 1. The number of nitrogens with zero attached hydrogens (tertiary/aromatic N) is 4. The van der Waals surface area contributed by atoms with Crippen LogP contribution in [0.2, 0.25) is 0 Å². The number of anilines is 3. The SMILES string of the molecule is CCOc1cc(-c2ccc3nc(N)nc(N4CCN(C)CC4)c3c2)ccc1NC(=O)OC(C)(C)C. The number of carbonyl (C=O) groups is 1.